The summed E-state index contributed by atoms with van der Waals surface area (Å²) in [6.07, 6.45) is 2.59. The number of hydrogen-bond donors (Lipinski definition) is 1. The van der Waals surface area contributed by atoms with Gasteiger partial charge in [0.15, 0.2) is 10.9 Å². The van der Waals surface area contributed by atoms with Crippen molar-refractivity contribution < 1.29 is 14.0 Å². The highest BCUT2D eigenvalue weighted by molar-refractivity contribution is 7.14. The summed E-state index contributed by atoms with van der Waals surface area (Å²) in [5.74, 6) is 0.932. The lowest BCUT2D eigenvalue weighted by molar-refractivity contribution is -0.125. The molecule has 0 saturated carbocycles. The van der Waals surface area contributed by atoms with Crippen LogP contribution in [0.4, 0.5) is 5.13 Å². The van der Waals surface area contributed by atoms with Crippen molar-refractivity contribution in [3.8, 4) is 11.5 Å². The highest BCUT2D eigenvalue weighted by Gasteiger charge is 2.25. The van der Waals surface area contributed by atoms with Crippen LogP contribution in [0.3, 0.4) is 0 Å². The van der Waals surface area contributed by atoms with Gasteiger partial charge in [-0.3, -0.25) is 14.5 Å². The van der Waals surface area contributed by atoms with Crippen molar-refractivity contribution in [3.63, 3.8) is 0 Å². The first kappa shape index (κ1) is 23.7. The highest BCUT2D eigenvalue weighted by Crippen LogP contribution is 2.32. The molecule has 9 heteroatoms. The van der Waals surface area contributed by atoms with Crippen molar-refractivity contribution in [1.82, 2.24) is 15.2 Å². The Hall–Kier alpha value is -3.01. The Bertz CT molecular complexity index is 1260. The van der Waals surface area contributed by atoms with Gasteiger partial charge in [-0.05, 0) is 62.5 Å². The number of fused-ring (bicyclic) bond motifs is 1. The van der Waals surface area contributed by atoms with Gasteiger partial charge >= 0.3 is 0 Å². The fourth-order valence-corrected chi connectivity index (χ4v) is 6.01. The monoisotopic (exact) mass is 508 g/mol. The maximum absolute atomic E-state index is 13.3. The summed E-state index contributed by atoms with van der Waals surface area (Å²) in [6, 6.07) is 13.6. The number of amides is 2. The van der Waals surface area contributed by atoms with E-state index in [0.29, 0.717) is 22.3 Å². The zero-order valence-corrected chi connectivity index (χ0v) is 21.2. The van der Waals surface area contributed by atoms with Gasteiger partial charge in [0.2, 0.25) is 5.91 Å². The predicted octanol–water partition coefficient (Wildman–Crippen LogP) is 5.11. The fourth-order valence-electron chi connectivity index (χ4n) is 4.50. The van der Waals surface area contributed by atoms with Crippen LogP contribution in [0.5, 0.6) is 0 Å². The molecule has 0 spiro atoms. The van der Waals surface area contributed by atoms with E-state index in [1.807, 2.05) is 53.2 Å². The van der Waals surface area contributed by atoms with E-state index in [4.69, 9.17) is 9.40 Å². The van der Waals surface area contributed by atoms with Gasteiger partial charge in [-0.2, -0.15) is 0 Å². The zero-order valence-electron chi connectivity index (χ0n) is 19.6. The minimum Gasteiger partial charge on any atom is -0.454 e. The third-order valence-electron chi connectivity index (χ3n) is 6.44. The number of carbonyl (C=O) groups excluding carboxylic acids is 2. The molecule has 4 heterocycles. The van der Waals surface area contributed by atoms with Crippen LogP contribution in [0.1, 0.15) is 28.9 Å². The van der Waals surface area contributed by atoms with Crippen LogP contribution in [0, 0.1) is 5.92 Å². The number of anilines is 1. The van der Waals surface area contributed by atoms with Crippen LogP contribution >= 0.6 is 22.7 Å². The Labute approximate surface area is 212 Å². The average molecular weight is 509 g/mol. The topological polar surface area (TPSA) is 78.7 Å². The van der Waals surface area contributed by atoms with E-state index >= 15 is 0 Å². The van der Waals surface area contributed by atoms with Crippen molar-refractivity contribution >= 4 is 50.6 Å². The summed E-state index contributed by atoms with van der Waals surface area (Å²) in [7, 11) is 1.70. The molecule has 0 atom stereocenters. The quantitative estimate of drug-likeness (QED) is 0.358. The number of para-hydroxylation sites is 1. The number of carbonyl (C=O) groups is 2. The van der Waals surface area contributed by atoms with Gasteiger partial charge < -0.3 is 14.6 Å². The Kier molecular flexibility index (Phi) is 7.26. The molecule has 0 unspecified atom stereocenters. The molecule has 1 fully saturated rings. The molecule has 1 aliphatic rings. The van der Waals surface area contributed by atoms with E-state index in [9.17, 15) is 9.59 Å². The first-order valence-electron chi connectivity index (χ1n) is 11.9. The number of benzene rings is 1. The van der Waals surface area contributed by atoms with Crippen molar-refractivity contribution in [2.45, 2.75) is 19.3 Å². The third-order valence-corrected chi connectivity index (χ3v) is 8.16. The van der Waals surface area contributed by atoms with Crippen molar-refractivity contribution in [3.05, 3.63) is 58.1 Å². The Morgan fingerprint density at radius 2 is 2.00 bits per heavy atom. The number of piperidine rings is 1. The largest absolute Gasteiger partial charge is 0.454 e. The van der Waals surface area contributed by atoms with Crippen molar-refractivity contribution in [1.29, 1.82) is 0 Å². The zero-order chi connectivity index (χ0) is 24.2. The van der Waals surface area contributed by atoms with Crippen LogP contribution in [0.15, 0.2) is 57.6 Å². The highest BCUT2D eigenvalue weighted by atomic mass is 32.1. The summed E-state index contributed by atoms with van der Waals surface area (Å²) in [5, 5.41) is 8.34. The number of nitrogens with zero attached hydrogens (tertiary/aromatic N) is 3. The molecular formula is C26H28N4O3S2. The van der Waals surface area contributed by atoms with Gasteiger partial charge in [0.25, 0.3) is 5.91 Å². The summed E-state index contributed by atoms with van der Waals surface area (Å²) in [4.78, 5) is 34.9. The SMILES string of the molecule is CNC(=O)C1CCN(CCCN(C(=O)c2cccs2)c2nc(-c3cc4ccccc4o3)cs2)CC1. The number of thiophene rings is 1. The van der Waals surface area contributed by atoms with E-state index in [-0.39, 0.29) is 17.7 Å². The number of aromatic nitrogens is 1. The molecule has 2 amide bonds. The van der Waals surface area contributed by atoms with E-state index < -0.39 is 0 Å². The second-order valence-corrected chi connectivity index (χ2v) is 10.5. The Morgan fingerprint density at radius 1 is 1.17 bits per heavy atom. The van der Waals surface area contributed by atoms with Gasteiger partial charge in [0.1, 0.15) is 11.3 Å². The van der Waals surface area contributed by atoms with Crippen molar-refractivity contribution in [2.75, 3.05) is 38.1 Å². The number of furan rings is 1. The van der Waals surface area contributed by atoms with Crippen LogP contribution in [0.2, 0.25) is 0 Å². The van der Waals surface area contributed by atoms with Crippen LogP contribution in [-0.4, -0.2) is 54.9 Å². The minimum atomic E-state index is -0.0242. The smallest absolute Gasteiger partial charge is 0.270 e. The number of rotatable bonds is 8. The number of hydrogen-bond acceptors (Lipinski definition) is 7. The Morgan fingerprint density at radius 3 is 2.74 bits per heavy atom. The lowest BCUT2D eigenvalue weighted by atomic mass is 9.96. The molecule has 0 bridgehead atoms. The molecule has 1 N–H and O–H groups in total. The normalized spacial score (nSPS) is 14.9. The molecule has 1 aliphatic heterocycles. The van der Waals surface area contributed by atoms with E-state index in [0.717, 1.165) is 55.6 Å². The van der Waals surface area contributed by atoms with Crippen LogP contribution in [0.25, 0.3) is 22.4 Å². The standard InChI is InChI=1S/C26H28N4O3S2/c1-27-24(31)18-9-13-29(14-10-18)11-5-12-30(25(32)23-8-4-15-34-23)26-28-20(17-35-26)22-16-19-6-2-3-7-21(19)33-22/h2-4,6-8,15-18H,5,9-14H2,1H3,(H,27,31). The third kappa shape index (κ3) is 5.32. The molecule has 4 aromatic rings. The summed E-state index contributed by atoms with van der Waals surface area (Å²) < 4.78 is 5.98. The number of likely N-dealkylation sites (tertiary alicyclic amines) is 1. The molecule has 1 saturated heterocycles. The summed E-state index contributed by atoms with van der Waals surface area (Å²) in [5.41, 5.74) is 1.56. The van der Waals surface area contributed by atoms with E-state index in [1.54, 1.807) is 11.9 Å². The van der Waals surface area contributed by atoms with Gasteiger partial charge in [-0.1, -0.05) is 24.3 Å². The van der Waals surface area contributed by atoms with E-state index in [1.165, 1.54) is 22.7 Å². The van der Waals surface area contributed by atoms with Crippen LogP contribution < -0.4 is 10.2 Å². The maximum atomic E-state index is 13.3. The minimum absolute atomic E-state index is 0.0242. The van der Waals surface area contributed by atoms with Gasteiger partial charge in [0.05, 0.1) is 4.88 Å². The van der Waals surface area contributed by atoms with Gasteiger partial charge in [-0.25, -0.2) is 4.98 Å². The molecule has 182 valence electrons. The predicted molar refractivity (Wildman–Crippen MR) is 141 cm³/mol. The molecule has 35 heavy (non-hydrogen) atoms. The molecule has 0 aliphatic carbocycles. The lowest BCUT2D eigenvalue weighted by Gasteiger charge is -2.31. The van der Waals surface area contributed by atoms with Gasteiger partial charge in [0, 0.05) is 30.3 Å². The summed E-state index contributed by atoms with van der Waals surface area (Å²) >= 11 is 2.91. The fraction of sp³-hybridized carbons (Fsp3) is 0.346. The first-order chi connectivity index (χ1) is 17.1. The second kappa shape index (κ2) is 10.7. The van der Waals surface area contributed by atoms with E-state index in [2.05, 4.69) is 10.2 Å². The molecule has 5 rings (SSSR count). The summed E-state index contributed by atoms with van der Waals surface area (Å²) in [6.45, 7) is 3.28. The molecule has 7 nitrogen and oxygen atoms in total. The number of nitrogens with one attached hydrogen (secondary N) is 1. The average Bonchev–Trinajstić information content (AvgIpc) is 3.66. The molecule has 0 radical (unpaired) electrons. The number of thiazole rings is 1. The second-order valence-electron chi connectivity index (χ2n) is 8.68. The van der Waals surface area contributed by atoms with Crippen molar-refractivity contribution in [2.24, 2.45) is 5.92 Å². The van der Waals surface area contributed by atoms with Gasteiger partial charge in [-0.15, -0.1) is 22.7 Å². The van der Waals surface area contributed by atoms with Crippen LogP contribution in [-0.2, 0) is 4.79 Å². The maximum Gasteiger partial charge on any atom is 0.270 e. The first-order valence-corrected chi connectivity index (χ1v) is 13.6. The molecule has 3 aromatic heterocycles. The lowest BCUT2D eigenvalue weighted by Crippen LogP contribution is -2.41. The molecular weight excluding hydrogens is 480 g/mol. The molecule has 1 aromatic carbocycles. The Balaban J connectivity index is 1.27.